The largest absolute Gasteiger partial charge is 0.483 e. The number of hydrogen-bond donors (Lipinski definition) is 1. The molecule has 1 aliphatic rings. The molecule has 21 heavy (non-hydrogen) atoms. The Morgan fingerprint density at radius 1 is 1.52 bits per heavy atom. The maximum atomic E-state index is 11.6. The number of halogens is 1. The fourth-order valence-corrected chi connectivity index (χ4v) is 2.34. The highest BCUT2D eigenvalue weighted by atomic mass is 35.5. The van der Waals surface area contributed by atoms with Crippen LogP contribution in [0.5, 0.6) is 5.75 Å². The molecule has 0 aromatic heterocycles. The first-order chi connectivity index (χ1) is 10.1. The van der Waals surface area contributed by atoms with Gasteiger partial charge in [0, 0.05) is 11.2 Å². The zero-order valence-electron chi connectivity index (χ0n) is 12.0. The number of amides is 1. The van der Waals surface area contributed by atoms with Crippen LogP contribution in [0.4, 0.5) is 0 Å². The summed E-state index contributed by atoms with van der Waals surface area (Å²) in [7, 11) is 0. The van der Waals surface area contributed by atoms with E-state index in [0.717, 1.165) is 24.8 Å². The molecule has 1 aromatic rings. The molecule has 1 unspecified atom stereocenters. The van der Waals surface area contributed by atoms with Gasteiger partial charge in [-0.2, -0.15) is 5.10 Å². The van der Waals surface area contributed by atoms with Gasteiger partial charge >= 0.3 is 0 Å². The molecule has 1 aromatic carbocycles. The van der Waals surface area contributed by atoms with Gasteiger partial charge in [-0.1, -0.05) is 23.8 Å². The van der Waals surface area contributed by atoms with Gasteiger partial charge < -0.3 is 4.74 Å². The molecule has 1 N–H and O–H groups in total. The maximum absolute atomic E-state index is 11.6. The van der Waals surface area contributed by atoms with E-state index < -0.39 is 0 Å². The number of carbonyl (C=O) groups excluding carboxylic acids is 1. The van der Waals surface area contributed by atoms with Crippen molar-refractivity contribution in [2.75, 3.05) is 6.61 Å². The zero-order chi connectivity index (χ0) is 15.1. The number of benzene rings is 1. The maximum Gasteiger partial charge on any atom is 0.277 e. The first kappa shape index (κ1) is 15.6. The number of ether oxygens (including phenoxy) is 1. The summed E-state index contributed by atoms with van der Waals surface area (Å²) >= 11 is 5.86. The Morgan fingerprint density at radius 2 is 2.38 bits per heavy atom. The van der Waals surface area contributed by atoms with Crippen molar-refractivity contribution in [3.63, 3.8) is 0 Å². The Balaban J connectivity index is 1.74. The molecule has 0 heterocycles. The van der Waals surface area contributed by atoms with Crippen LogP contribution in [0, 0.1) is 12.8 Å². The summed E-state index contributed by atoms with van der Waals surface area (Å²) in [5.74, 6) is 0.789. The van der Waals surface area contributed by atoms with Crippen LogP contribution in [0.15, 0.2) is 35.5 Å². The van der Waals surface area contributed by atoms with Crippen LogP contribution in [0.1, 0.15) is 24.8 Å². The van der Waals surface area contributed by atoms with E-state index >= 15 is 0 Å². The minimum Gasteiger partial charge on any atom is -0.483 e. The third-order valence-electron chi connectivity index (χ3n) is 3.28. The van der Waals surface area contributed by atoms with Gasteiger partial charge in [0.05, 0.1) is 0 Å². The van der Waals surface area contributed by atoms with Crippen molar-refractivity contribution in [2.24, 2.45) is 11.0 Å². The molecule has 1 amide bonds. The van der Waals surface area contributed by atoms with Crippen LogP contribution in [0.25, 0.3) is 0 Å². The number of nitrogens with one attached hydrogen (secondary N) is 1. The molecule has 0 spiro atoms. The van der Waals surface area contributed by atoms with E-state index in [1.165, 1.54) is 0 Å². The molecule has 5 heteroatoms. The molecule has 0 bridgehead atoms. The van der Waals surface area contributed by atoms with E-state index in [0.29, 0.717) is 16.7 Å². The number of aryl methyl sites for hydroxylation is 1. The normalized spacial score (nSPS) is 17.9. The van der Waals surface area contributed by atoms with Gasteiger partial charge in [0.2, 0.25) is 0 Å². The van der Waals surface area contributed by atoms with Gasteiger partial charge in [-0.25, -0.2) is 5.43 Å². The van der Waals surface area contributed by atoms with Crippen LogP contribution in [-0.2, 0) is 4.79 Å². The number of hydrogen-bond acceptors (Lipinski definition) is 3. The topological polar surface area (TPSA) is 50.7 Å². The molecular weight excluding hydrogens is 288 g/mol. The van der Waals surface area contributed by atoms with Crippen molar-refractivity contribution in [3.8, 4) is 5.75 Å². The summed E-state index contributed by atoms with van der Waals surface area (Å²) in [6, 6.07) is 5.28. The van der Waals surface area contributed by atoms with E-state index in [2.05, 4.69) is 22.7 Å². The van der Waals surface area contributed by atoms with Crippen molar-refractivity contribution in [1.82, 2.24) is 5.43 Å². The molecule has 0 fully saturated rings. The second-order valence-electron chi connectivity index (χ2n) is 5.06. The molecule has 1 atom stereocenters. The zero-order valence-corrected chi connectivity index (χ0v) is 12.8. The van der Waals surface area contributed by atoms with E-state index in [4.69, 9.17) is 16.3 Å². The Morgan fingerprint density at radius 3 is 3.10 bits per heavy atom. The van der Waals surface area contributed by atoms with Crippen LogP contribution in [0.2, 0.25) is 5.02 Å². The first-order valence-corrected chi connectivity index (χ1v) is 7.39. The Labute approximate surface area is 129 Å². The minimum atomic E-state index is -0.271. The lowest BCUT2D eigenvalue weighted by Crippen LogP contribution is -2.25. The van der Waals surface area contributed by atoms with Crippen molar-refractivity contribution >= 4 is 23.7 Å². The molecule has 112 valence electrons. The van der Waals surface area contributed by atoms with E-state index in [9.17, 15) is 4.79 Å². The number of rotatable bonds is 5. The molecule has 0 saturated carbocycles. The van der Waals surface area contributed by atoms with Crippen LogP contribution in [-0.4, -0.2) is 18.7 Å². The van der Waals surface area contributed by atoms with Crippen LogP contribution >= 0.6 is 11.6 Å². The molecule has 1 aliphatic carbocycles. The van der Waals surface area contributed by atoms with Crippen molar-refractivity contribution < 1.29 is 9.53 Å². The fraction of sp³-hybridized carbons (Fsp3) is 0.375. The second-order valence-corrected chi connectivity index (χ2v) is 5.49. The predicted molar refractivity (Wildman–Crippen MR) is 84.8 cm³/mol. The van der Waals surface area contributed by atoms with Crippen LogP contribution < -0.4 is 10.2 Å². The summed E-state index contributed by atoms with van der Waals surface area (Å²) in [6.45, 7) is 1.82. The minimum absolute atomic E-state index is 0.0651. The van der Waals surface area contributed by atoms with Crippen molar-refractivity contribution in [3.05, 3.63) is 40.9 Å². The lowest BCUT2D eigenvalue weighted by atomic mass is 9.96. The molecule has 4 nitrogen and oxygen atoms in total. The number of hydrazone groups is 1. The average Bonchev–Trinajstić information content (AvgIpc) is 2.47. The van der Waals surface area contributed by atoms with Crippen LogP contribution in [0.3, 0.4) is 0 Å². The summed E-state index contributed by atoms with van der Waals surface area (Å²) in [6.07, 6.45) is 9.26. The smallest absolute Gasteiger partial charge is 0.277 e. The summed E-state index contributed by atoms with van der Waals surface area (Å²) in [5, 5.41) is 4.63. The van der Waals surface area contributed by atoms with Crippen molar-refractivity contribution in [1.29, 1.82) is 0 Å². The average molecular weight is 307 g/mol. The monoisotopic (exact) mass is 306 g/mol. The summed E-state index contributed by atoms with van der Waals surface area (Å²) in [4.78, 5) is 11.6. The van der Waals surface area contributed by atoms with E-state index in [-0.39, 0.29) is 12.5 Å². The van der Waals surface area contributed by atoms with Gasteiger partial charge in [0.1, 0.15) is 5.75 Å². The van der Waals surface area contributed by atoms with Crippen molar-refractivity contribution in [2.45, 2.75) is 26.2 Å². The van der Waals surface area contributed by atoms with E-state index in [1.807, 2.05) is 6.92 Å². The predicted octanol–water partition coefficient (Wildman–Crippen LogP) is 3.49. The van der Waals surface area contributed by atoms with Gasteiger partial charge in [0.15, 0.2) is 6.61 Å². The third-order valence-corrected chi connectivity index (χ3v) is 3.52. The lowest BCUT2D eigenvalue weighted by molar-refractivity contribution is -0.123. The standard InChI is InChI=1S/C16H19ClN2O2/c1-12-9-14(17)7-8-15(12)21-11-16(20)19-18-10-13-5-3-2-4-6-13/h2-3,7-10,13H,4-6,11H2,1H3,(H,19,20). The summed E-state index contributed by atoms with van der Waals surface area (Å²) in [5.41, 5.74) is 3.38. The molecule has 2 rings (SSSR count). The Kier molecular flexibility index (Phi) is 5.81. The number of carbonyl (C=O) groups is 1. The quantitative estimate of drug-likeness (QED) is 0.514. The highest BCUT2D eigenvalue weighted by Crippen LogP contribution is 2.21. The van der Waals surface area contributed by atoms with Gasteiger partial charge in [0.25, 0.3) is 5.91 Å². The Hall–Kier alpha value is -1.81. The second kappa shape index (κ2) is 7.84. The highest BCUT2D eigenvalue weighted by Gasteiger charge is 2.07. The van der Waals surface area contributed by atoms with Gasteiger partial charge in [-0.3, -0.25) is 4.79 Å². The SMILES string of the molecule is Cc1cc(Cl)ccc1OCC(=O)NN=CC1CC=CCC1. The first-order valence-electron chi connectivity index (χ1n) is 7.01. The molecule has 0 aliphatic heterocycles. The molecule has 0 saturated heterocycles. The van der Waals surface area contributed by atoms with E-state index in [1.54, 1.807) is 24.4 Å². The van der Waals surface area contributed by atoms with Gasteiger partial charge in [-0.05, 0) is 55.9 Å². The fourth-order valence-electron chi connectivity index (χ4n) is 2.12. The molecular formula is C16H19ClN2O2. The third kappa shape index (κ3) is 5.23. The number of allylic oxidation sites excluding steroid dienone is 2. The molecule has 0 radical (unpaired) electrons. The van der Waals surface area contributed by atoms with Gasteiger partial charge in [-0.15, -0.1) is 0 Å². The number of nitrogens with zero attached hydrogens (tertiary/aromatic N) is 1. The summed E-state index contributed by atoms with van der Waals surface area (Å²) < 4.78 is 5.44. The lowest BCUT2D eigenvalue weighted by Gasteiger charge is -2.12. The Bertz CT molecular complexity index is 555. The highest BCUT2D eigenvalue weighted by molar-refractivity contribution is 6.30.